The lowest BCUT2D eigenvalue weighted by Gasteiger charge is -2.41. The first-order chi connectivity index (χ1) is 20.2. The van der Waals surface area contributed by atoms with E-state index in [1.54, 1.807) is 17.0 Å². The average Bonchev–Trinajstić information content (AvgIpc) is 3.20. The molecule has 2 amide bonds. The van der Waals surface area contributed by atoms with Gasteiger partial charge in [0.25, 0.3) is 11.8 Å². The third-order valence-electron chi connectivity index (χ3n) is 8.40. The number of alkyl halides is 3. The molecule has 2 aliphatic rings. The van der Waals surface area contributed by atoms with Crippen molar-refractivity contribution in [2.24, 2.45) is 4.99 Å². The first-order valence-corrected chi connectivity index (χ1v) is 14.9. The van der Waals surface area contributed by atoms with Gasteiger partial charge < -0.3 is 15.3 Å². The zero-order valence-electron chi connectivity index (χ0n) is 25.0. The van der Waals surface area contributed by atoms with Crippen molar-refractivity contribution < 1.29 is 32.7 Å². The van der Waals surface area contributed by atoms with Gasteiger partial charge in [0.05, 0.1) is 6.42 Å². The van der Waals surface area contributed by atoms with Crippen LogP contribution >= 0.6 is 0 Å². The predicted octanol–water partition coefficient (Wildman–Crippen LogP) is 6.61. The fourth-order valence-corrected chi connectivity index (χ4v) is 5.92. The van der Waals surface area contributed by atoms with E-state index in [0.29, 0.717) is 29.7 Å². The Morgan fingerprint density at radius 1 is 1.00 bits per heavy atom. The van der Waals surface area contributed by atoms with E-state index in [1.165, 1.54) is 12.1 Å². The normalized spacial score (nSPS) is 17.6. The van der Waals surface area contributed by atoms with E-state index in [1.807, 2.05) is 24.3 Å². The van der Waals surface area contributed by atoms with Crippen molar-refractivity contribution in [2.45, 2.75) is 95.3 Å². The van der Waals surface area contributed by atoms with Crippen LogP contribution in [-0.2, 0) is 15.0 Å². The van der Waals surface area contributed by atoms with E-state index in [0.717, 1.165) is 24.8 Å². The summed E-state index contributed by atoms with van der Waals surface area (Å²) in [6.07, 6.45) is -1.73. The lowest BCUT2D eigenvalue weighted by Crippen LogP contribution is -2.49. The number of amides is 2. The maximum absolute atomic E-state index is 14.0. The molecule has 1 fully saturated rings. The van der Waals surface area contributed by atoms with Crippen LogP contribution in [0.1, 0.15) is 105 Å². The average molecular weight is 600 g/mol. The lowest BCUT2D eigenvalue weighted by molar-refractivity contribution is -0.138. The largest absolute Gasteiger partial charge is 0.481 e. The van der Waals surface area contributed by atoms with Crippen LogP contribution < -0.4 is 5.32 Å². The van der Waals surface area contributed by atoms with E-state index in [9.17, 15) is 27.6 Å². The Balaban J connectivity index is 1.61. The number of hydrogen-bond donors (Lipinski definition) is 2. The van der Waals surface area contributed by atoms with Gasteiger partial charge in [-0.2, -0.15) is 13.2 Å². The minimum Gasteiger partial charge on any atom is -0.481 e. The molecule has 1 saturated carbocycles. The third kappa shape index (κ3) is 8.03. The fourth-order valence-electron chi connectivity index (χ4n) is 5.92. The number of aliphatic imine (C=N–C) groups is 1. The van der Waals surface area contributed by atoms with Crippen molar-refractivity contribution in [3.8, 4) is 0 Å². The van der Waals surface area contributed by atoms with Gasteiger partial charge in [0.15, 0.2) is 0 Å². The molecule has 1 unspecified atom stereocenters. The molecule has 1 aliphatic carbocycles. The molecule has 0 radical (unpaired) electrons. The number of hydrogen-bond acceptors (Lipinski definition) is 4. The van der Waals surface area contributed by atoms with Crippen LogP contribution in [0.2, 0.25) is 0 Å². The number of rotatable bonds is 10. The summed E-state index contributed by atoms with van der Waals surface area (Å²) >= 11 is 0. The summed E-state index contributed by atoms with van der Waals surface area (Å²) in [6.45, 7) is 6.37. The van der Waals surface area contributed by atoms with Crippen LogP contribution in [0, 0.1) is 0 Å². The molecule has 10 heteroatoms. The summed E-state index contributed by atoms with van der Waals surface area (Å²) in [5.41, 5.74) is 2.20. The second kappa shape index (κ2) is 12.9. The minimum atomic E-state index is -4.36. The van der Waals surface area contributed by atoms with Crippen LogP contribution in [0.3, 0.4) is 0 Å². The molecule has 1 aliphatic heterocycles. The summed E-state index contributed by atoms with van der Waals surface area (Å²) in [6, 6.07) is 14.1. The minimum absolute atomic E-state index is 0.0372. The standard InChI is InChI=1S/C33H40F3N3O4/c1-31(2,3)26-13-11-23(12-14-26)28-30(43)39(32(38-28)17-5-4-6-18-32)21-25(15-19-33(34,35)36)22-7-9-24(10-8-22)29(42)37-20-16-27(40)41/h7-14,25H,4-6,15-21H2,1-3H3,(H,37,42)(H,40,41). The molecule has 2 aromatic carbocycles. The third-order valence-corrected chi connectivity index (χ3v) is 8.40. The van der Waals surface area contributed by atoms with E-state index in [4.69, 9.17) is 10.1 Å². The molecule has 2 N–H and O–H groups in total. The highest BCUT2D eigenvalue weighted by molar-refractivity contribution is 6.46. The highest BCUT2D eigenvalue weighted by Gasteiger charge is 2.48. The number of carbonyl (C=O) groups is 3. The molecule has 4 rings (SSSR count). The molecule has 232 valence electrons. The highest BCUT2D eigenvalue weighted by Crippen LogP contribution is 2.42. The SMILES string of the molecule is CC(C)(C)c1ccc(C2=NC3(CCCCC3)N(CC(CCC(F)(F)F)c3ccc(C(=O)NCCC(=O)O)cc3)C2=O)cc1. The number of carboxylic acids is 1. The number of aliphatic carboxylic acids is 1. The van der Waals surface area contributed by atoms with Crippen LogP contribution in [0.4, 0.5) is 13.2 Å². The van der Waals surface area contributed by atoms with Crippen molar-refractivity contribution in [1.29, 1.82) is 0 Å². The molecule has 43 heavy (non-hydrogen) atoms. The van der Waals surface area contributed by atoms with Crippen molar-refractivity contribution in [2.75, 3.05) is 13.1 Å². The molecule has 7 nitrogen and oxygen atoms in total. The Labute approximate surface area is 250 Å². The molecular weight excluding hydrogens is 559 g/mol. The van der Waals surface area contributed by atoms with Gasteiger partial charge in [-0.05, 0) is 60.8 Å². The smallest absolute Gasteiger partial charge is 0.389 e. The van der Waals surface area contributed by atoms with Crippen molar-refractivity contribution in [3.05, 3.63) is 70.8 Å². The maximum Gasteiger partial charge on any atom is 0.389 e. The second-order valence-corrected chi connectivity index (χ2v) is 12.6. The molecule has 0 aromatic heterocycles. The van der Waals surface area contributed by atoms with Gasteiger partial charge in [-0.1, -0.05) is 63.6 Å². The zero-order valence-corrected chi connectivity index (χ0v) is 25.0. The van der Waals surface area contributed by atoms with Gasteiger partial charge in [0, 0.05) is 36.6 Å². The molecule has 0 bridgehead atoms. The van der Waals surface area contributed by atoms with Gasteiger partial charge >= 0.3 is 12.1 Å². The second-order valence-electron chi connectivity index (χ2n) is 12.6. The molecule has 0 saturated heterocycles. The van der Waals surface area contributed by atoms with Crippen LogP contribution in [0.5, 0.6) is 0 Å². The zero-order chi connectivity index (χ0) is 31.4. The number of halogens is 3. The Kier molecular flexibility index (Phi) is 9.66. The van der Waals surface area contributed by atoms with Crippen molar-refractivity contribution >= 4 is 23.5 Å². The Morgan fingerprint density at radius 3 is 2.19 bits per heavy atom. The molecule has 1 spiro atoms. The van der Waals surface area contributed by atoms with E-state index < -0.39 is 36.1 Å². The highest BCUT2D eigenvalue weighted by atomic mass is 19.4. The van der Waals surface area contributed by atoms with Crippen LogP contribution in [-0.4, -0.2) is 58.4 Å². The monoisotopic (exact) mass is 599 g/mol. The number of carbonyl (C=O) groups excluding carboxylic acids is 2. The summed E-state index contributed by atoms with van der Waals surface area (Å²) < 4.78 is 40.3. The maximum atomic E-state index is 14.0. The molecular formula is C33H40F3N3O4. The van der Waals surface area contributed by atoms with Crippen molar-refractivity contribution in [1.82, 2.24) is 10.2 Å². The Morgan fingerprint density at radius 2 is 1.63 bits per heavy atom. The van der Waals surface area contributed by atoms with E-state index >= 15 is 0 Å². The van der Waals surface area contributed by atoms with Crippen LogP contribution in [0.25, 0.3) is 0 Å². The predicted molar refractivity (Wildman–Crippen MR) is 158 cm³/mol. The fraction of sp³-hybridized carbons (Fsp3) is 0.515. The lowest BCUT2D eigenvalue weighted by atomic mass is 9.86. The van der Waals surface area contributed by atoms with Gasteiger partial charge in [-0.25, -0.2) is 0 Å². The molecule has 2 aromatic rings. The van der Waals surface area contributed by atoms with E-state index in [-0.39, 0.29) is 42.8 Å². The number of benzene rings is 2. The summed E-state index contributed by atoms with van der Waals surface area (Å²) in [5, 5.41) is 11.3. The van der Waals surface area contributed by atoms with Gasteiger partial charge in [-0.3, -0.25) is 19.4 Å². The summed E-state index contributed by atoms with van der Waals surface area (Å²) in [5.74, 6) is -2.40. The van der Waals surface area contributed by atoms with Crippen LogP contribution in [0.15, 0.2) is 53.5 Å². The number of nitrogens with one attached hydrogen (secondary N) is 1. The first kappa shape index (κ1) is 32.2. The Bertz CT molecular complexity index is 1340. The number of carboxylic acid groups (broad SMARTS) is 1. The van der Waals surface area contributed by atoms with E-state index in [2.05, 4.69) is 26.1 Å². The van der Waals surface area contributed by atoms with Gasteiger partial charge in [0.1, 0.15) is 11.4 Å². The summed E-state index contributed by atoms with van der Waals surface area (Å²) in [4.78, 5) is 43.9. The Hall–Kier alpha value is -3.69. The molecule has 1 atom stereocenters. The molecule has 1 heterocycles. The topological polar surface area (TPSA) is 99.1 Å². The summed E-state index contributed by atoms with van der Waals surface area (Å²) in [7, 11) is 0. The quantitative estimate of drug-likeness (QED) is 0.321. The van der Waals surface area contributed by atoms with Crippen molar-refractivity contribution in [3.63, 3.8) is 0 Å². The van der Waals surface area contributed by atoms with Gasteiger partial charge in [0.2, 0.25) is 0 Å². The number of nitrogens with zero attached hydrogens (tertiary/aromatic N) is 2. The first-order valence-electron chi connectivity index (χ1n) is 14.9. The van der Waals surface area contributed by atoms with Gasteiger partial charge in [-0.15, -0.1) is 0 Å².